The highest BCUT2D eigenvalue weighted by Crippen LogP contribution is 2.57. The predicted molar refractivity (Wildman–Crippen MR) is 138 cm³/mol. The maximum absolute atomic E-state index is 13.8. The molecule has 1 unspecified atom stereocenters. The number of ether oxygens (including phenoxy) is 1. The lowest BCUT2D eigenvalue weighted by Gasteiger charge is -2.61. The number of benzene rings is 2. The third-order valence-corrected chi connectivity index (χ3v) is 10.9. The zero-order chi connectivity index (χ0) is 25.9. The van der Waals surface area contributed by atoms with Gasteiger partial charge in [-0.1, -0.05) is 39.0 Å². The van der Waals surface area contributed by atoms with Gasteiger partial charge < -0.3 is 14.7 Å². The Bertz CT molecular complexity index is 1290. The van der Waals surface area contributed by atoms with Crippen LogP contribution < -0.4 is 9.46 Å². The molecule has 1 heterocycles. The molecule has 1 saturated heterocycles. The van der Waals surface area contributed by atoms with Crippen LogP contribution in [0.1, 0.15) is 57.6 Å². The van der Waals surface area contributed by atoms with Crippen LogP contribution in [0.4, 0.5) is 0 Å². The van der Waals surface area contributed by atoms with Gasteiger partial charge in [-0.05, 0) is 66.8 Å². The van der Waals surface area contributed by atoms with E-state index in [2.05, 4.69) is 31.6 Å². The number of likely N-dealkylation sites (tertiary alicyclic amines) is 1. The summed E-state index contributed by atoms with van der Waals surface area (Å²) >= 11 is 0. The van der Waals surface area contributed by atoms with Crippen LogP contribution in [0, 0.1) is 11.3 Å². The number of nitrogens with one attached hydrogen (secondary N) is 1. The van der Waals surface area contributed by atoms with Gasteiger partial charge in [-0.3, -0.25) is 4.79 Å². The molecule has 0 radical (unpaired) electrons. The number of methoxy groups -OCH3 is 1. The molecule has 1 saturated carbocycles. The minimum atomic E-state index is -3.71. The fourth-order valence-corrected chi connectivity index (χ4v) is 8.11. The van der Waals surface area contributed by atoms with Gasteiger partial charge in [0.05, 0.1) is 12.0 Å². The van der Waals surface area contributed by atoms with Gasteiger partial charge in [0.1, 0.15) is 11.5 Å². The van der Waals surface area contributed by atoms with E-state index in [0.717, 1.165) is 12.0 Å². The standard InChI is InChI=1S/C28H36N2O5S/c1-27(2)25-17-22-23(9-6-10-24(22)31)28(27,3)13-14-30(25)26(32)18-11-12-19(15-18)29-36(33,34)21-8-5-7-20(16-21)35-4/h5-10,16,18-19,25,29,31H,11-15,17H2,1-4H3/t18-,19?,25-,28+/m1/s1. The van der Waals surface area contributed by atoms with E-state index in [-0.39, 0.29) is 39.6 Å². The highest BCUT2D eigenvalue weighted by Gasteiger charge is 2.57. The first-order chi connectivity index (χ1) is 17.0. The van der Waals surface area contributed by atoms with E-state index in [1.807, 2.05) is 11.0 Å². The van der Waals surface area contributed by atoms with Gasteiger partial charge in [0.25, 0.3) is 0 Å². The minimum absolute atomic E-state index is 0.0166. The summed E-state index contributed by atoms with van der Waals surface area (Å²) in [7, 11) is -2.21. The minimum Gasteiger partial charge on any atom is -0.508 e. The van der Waals surface area contributed by atoms with Crippen LogP contribution in [0.2, 0.25) is 0 Å². The van der Waals surface area contributed by atoms with Gasteiger partial charge in [-0.15, -0.1) is 0 Å². The lowest BCUT2D eigenvalue weighted by molar-refractivity contribution is -0.148. The molecule has 2 fully saturated rings. The summed E-state index contributed by atoms with van der Waals surface area (Å²) in [5.41, 5.74) is 1.86. The number of phenolic OH excluding ortho intramolecular Hbond substituents is 1. The molecule has 36 heavy (non-hydrogen) atoms. The number of sulfonamides is 1. The van der Waals surface area contributed by atoms with Crippen molar-refractivity contribution in [2.24, 2.45) is 11.3 Å². The highest BCUT2D eigenvalue weighted by molar-refractivity contribution is 7.89. The summed E-state index contributed by atoms with van der Waals surface area (Å²) in [5.74, 6) is 0.685. The number of piperidine rings is 1. The predicted octanol–water partition coefficient (Wildman–Crippen LogP) is 3.99. The summed E-state index contributed by atoms with van der Waals surface area (Å²) in [5, 5.41) is 10.6. The number of rotatable bonds is 5. The van der Waals surface area contributed by atoms with Crippen molar-refractivity contribution in [2.45, 2.75) is 75.3 Å². The summed E-state index contributed by atoms with van der Waals surface area (Å²) in [6.45, 7) is 7.42. The van der Waals surface area contributed by atoms with E-state index in [9.17, 15) is 18.3 Å². The van der Waals surface area contributed by atoms with Gasteiger partial charge in [0.15, 0.2) is 0 Å². The quantitative estimate of drug-likeness (QED) is 0.632. The van der Waals surface area contributed by atoms with E-state index >= 15 is 0 Å². The lowest BCUT2D eigenvalue weighted by Crippen LogP contribution is -2.65. The van der Waals surface area contributed by atoms with Crippen molar-refractivity contribution in [3.05, 3.63) is 53.6 Å². The van der Waals surface area contributed by atoms with Crippen molar-refractivity contribution in [2.75, 3.05) is 13.7 Å². The van der Waals surface area contributed by atoms with Gasteiger partial charge in [0.2, 0.25) is 15.9 Å². The van der Waals surface area contributed by atoms with E-state index in [4.69, 9.17) is 4.74 Å². The highest BCUT2D eigenvalue weighted by atomic mass is 32.2. The number of nitrogens with zero attached hydrogens (tertiary/aromatic N) is 1. The summed E-state index contributed by atoms with van der Waals surface area (Å²) in [6.07, 6.45) is 3.24. The number of carbonyl (C=O) groups excluding carboxylic acids is 1. The van der Waals surface area contributed by atoms with Crippen molar-refractivity contribution in [1.29, 1.82) is 0 Å². The zero-order valence-corrected chi connectivity index (χ0v) is 22.3. The molecule has 3 aliphatic rings. The van der Waals surface area contributed by atoms with E-state index in [0.29, 0.717) is 43.7 Å². The van der Waals surface area contributed by atoms with Crippen molar-refractivity contribution in [3.8, 4) is 11.5 Å². The smallest absolute Gasteiger partial charge is 0.240 e. The molecule has 7 nitrogen and oxygen atoms in total. The monoisotopic (exact) mass is 512 g/mol. The van der Waals surface area contributed by atoms with Gasteiger partial charge >= 0.3 is 0 Å². The first kappa shape index (κ1) is 25.1. The van der Waals surface area contributed by atoms with Crippen LogP contribution in [-0.4, -0.2) is 50.1 Å². The third kappa shape index (κ3) is 3.89. The van der Waals surface area contributed by atoms with Crippen LogP contribution >= 0.6 is 0 Å². The molecular weight excluding hydrogens is 476 g/mol. The molecule has 8 heteroatoms. The van der Waals surface area contributed by atoms with Crippen LogP contribution in [0.5, 0.6) is 11.5 Å². The molecule has 4 atom stereocenters. The number of carbonyl (C=O) groups is 1. The molecule has 0 spiro atoms. The van der Waals surface area contributed by atoms with Gasteiger partial charge in [-0.2, -0.15) is 0 Å². The first-order valence-corrected chi connectivity index (χ1v) is 14.2. The largest absolute Gasteiger partial charge is 0.508 e. The van der Waals surface area contributed by atoms with E-state index < -0.39 is 10.0 Å². The van der Waals surface area contributed by atoms with Crippen molar-refractivity contribution in [3.63, 3.8) is 0 Å². The average molecular weight is 513 g/mol. The molecule has 1 aliphatic heterocycles. The summed E-state index contributed by atoms with van der Waals surface area (Å²) in [6, 6.07) is 11.9. The van der Waals surface area contributed by atoms with Gasteiger partial charge in [-0.25, -0.2) is 13.1 Å². The fourth-order valence-electron chi connectivity index (χ4n) is 6.79. The number of hydrogen-bond donors (Lipinski definition) is 2. The Morgan fingerprint density at radius 3 is 2.64 bits per heavy atom. The number of amides is 1. The number of fused-ring (bicyclic) bond motifs is 4. The first-order valence-electron chi connectivity index (χ1n) is 12.8. The van der Waals surface area contributed by atoms with Crippen LogP contribution in [0.3, 0.4) is 0 Å². The molecule has 2 bridgehead atoms. The van der Waals surface area contributed by atoms with Crippen LogP contribution in [0.15, 0.2) is 47.4 Å². The number of aromatic hydroxyl groups is 1. The molecule has 2 N–H and O–H groups in total. The Balaban J connectivity index is 1.32. The van der Waals surface area contributed by atoms with Gasteiger partial charge in [0, 0.05) is 36.0 Å². The molecule has 0 aromatic heterocycles. The SMILES string of the molecule is COc1cccc(S(=O)(=O)NC2CC[C@@H](C(=O)N3CC[C@@]4(C)c5cccc(O)c5C[C@@H]3C4(C)C)C2)c1. The number of hydrogen-bond acceptors (Lipinski definition) is 5. The summed E-state index contributed by atoms with van der Waals surface area (Å²) < 4.78 is 33.9. The molecule has 1 amide bonds. The molecule has 194 valence electrons. The van der Waals surface area contributed by atoms with Crippen molar-refractivity contribution < 1.29 is 23.1 Å². The molecule has 2 aliphatic carbocycles. The second-order valence-corrected chi connectivity index (χ2v) is 13.1. The average Bonchev–Trinajstić information content (AvgIpc) is 3.29. The second kappa shape index (κ2) is 8.77. The molecule has 5 rings (SSSR count). The van der Waals surface area contributed by atoms with Crippen LogP contribution in [-0.2, 0) is 26.7 Å². The Morgan fingerprint density at radius 1 is 1.14 bits per heavy atom. The summed E-state index contributed by atoms with van der Waals surface area (Å²) in [4.78, 5) is 16.0. The topological polar surface area (TPSA) is 95.9 Å². The lowest BCUT2D eigenvalue weighted by atomic mass is 9.51. The third-order valence-electron chi connectivity index (χ3n) is 9.37. The second-order valence-electron chi connectivity index (χ2n) is 11.4. The molecule has 2 aromatic rings. The van der Waals surface area contributed by atoms with Crippen LogP contribution in [0.25, 0.3) is 0 Å². The Labute approximate surface area is 213 Å². The Kier molecular flexibility index (Phi) is 6.11. The fraction of sp³-hybridized carbons (Fsp3) is 0.536. The van der Waals surface area contributed by atoms with E-state index in [1.165, 1.54) is 18.7 Å². The maximum Gasteiger partial charge on any atom is 0.240 e. The Hall–Kier alpha value is -2.58. The van der Waals surface area contributed by atoms with Crippen molar-refractivity contribution >= 4 is 15.9 Å². The Morgan fingerprint density at radius 2 is 1.89 bits per heavy atom. The molecule has 2 aromatic carbocycles. The zero-order valence-electron chi connectivity index (χ0n) is 21.5. The normalized spacial score (nSPS) is 29.0. The van der Waals surface area contributed by atoms with Crippen molar-refractivity contribution in [1.82, 2.24) is 9.62 Å². The maximum atomic E-state index is 13.8. The number of phenols is 1. The van der Waals surface area contributed by atoms with E-state index in [1.54, 1.807) is 24.3 Å². The molecular formula is C28H36N2O5S.